The van der Waals surface area contributed by atoms with Crippen molar-refractivity contribution in [1.29, 1.82) is 0 Å². The number of hydrogen-bond acceptors (Lipinski definition) is 2. The lowest BCUT2D eigenvalue weighted by atomic mass is 9.74. The van der Waals surface area contributed by atoms with Crippen LogP contribution in [0.25, 0.3) is 11.1 Å². The predicted molar refractivity (Wildman–Crippen MR) is 82.2 cm³/mol. The number of aliphatic hydroxyl groups is 1. The van der Waals surface area contributed by atoms with Gasteiger partial charge in [0.05, 0.1) is 6.10 Å². The van der Waals surface area contributed by atoms with E-state index >= 15 is 0 Å². The van der Waals surface area contributed by atoms with Crippen molar-refractivity contribution in [1.82, 2.24) is 0 Å². The van der Waals surface area contributed by atoms with E-state index in [4.69, 9.17) is 5.73 Å². The second-order valence-electron chi connectivity index (χ2n) is 5.80. The van der Waals surface area contributed by atoms with Gasteiger partial charge in [0.25, 0.3) is 0 Å². The molecule has 3 rings (SSSR count). The molecule has 20 heavy (non-hydrogen) atoms. The van der Waals surface area contributed by atoms with Crippen molar-refractivity contribution in [2.75, 3.05) is 0 Å². The molecule has 1 aliphatic carbocycles. The number of rotatable bonds is 2. The molecule has 3 N–H and O–H groups in total. The van der Waals surface area contributed by atoms with Gasteiger partial charge < -0.3 is 10.8 Å². The summed E-state index contributed by atoms with van der Waals surface area (Å²) in [5.74, 6) is 0. The Morgan fingerprint density at radius 1 is 0.900 bits per heavy atom. The largest absolute Gasteiger partial charge is 0.393 e. The van der Waals surface area contributed by atoms with Crippen LogP contribution in [-0.2, 0) is 5.54 Å². The molecule has 104 valence electrons. The standard InChI is InChI=1S/C18H21NO/c19-18(12-10-15(20)11-13-18)17-9-5-4-8-16(17)14-6-2-1-3-7-14/h1-9,15,20H,10-13,19H2. The monoisotopic (exact) mass is 267 g/mol. The highest BCUT2D eigenvalue weighted by Gasteiger charge is 2.34. The average Bonchev–Trinajstić information content (AvgIpc) is 2.51. The molecular weight excluding hydrogens is 246 g/mol. The van der Waals surface area contributed by atoms with E-state index in [0.29, 0.717) is 0 Å². The summed E-state index contributed by atoms with van der Waals surface area (Å²) >= 11 is 0. The lowest BCUT2D eigenvalue weighted by Gasteiger charge is -2.37. The van der Waals surface area contributed by atoms with Gasteiger partial charge in [-0.3, -0.25) is 0 Å². The first-order valence-electron chi connectivity index (χ1n) is 7.31. The molecule has 0 heterocycles. The van der Waals surface area contributed by atoms with Crippen molar-refractivity contribution in [2.24, 2.45) is 5.73 Å². The molecule has 0 aliphatic heterocycles. The molecule has 0 saturated heterocycles. The number of nitrogens with two attached hydrogens (primary N) is 1. The molecule has 0 atom stereocenters. The van der Waals surface area contributed by atoms with Crippen LogP contribution in [0, 0.1) is 0 Å². The number of benzene rings is 2. The Kier molecular flexibility index (Phi) is 3.60. The van der Waals surface area contributed by atoms with E-state index in [1.165, 1.54) is 16.7 Å². The smallest absolute Gasteiger partial charge is 0.0541 e. The molecule has 0 unspecified atom stereocenters. The summed E-state index contributed by atoms with van der Waals surface area (Å²) in [6.45, 7) is 0. The fraction of sp³-hybridized carbons (Fsp3) is 0.333. The Labute approximate surface area is 120 Å². The summed E-state index contributed by atoms with van der Waals surface area (Å²) in [4.78, 5) is 0. The Morgan fingerprint density at radius 3 is 2.20 bits per heavy atom. The van der Waals surface area contributed by atoms with Crippen LogP contribution in [0.3, 0.4) is 0 Å². The van der Waals surface area contributed by atoms with Gasteiger partial charge >= 0.3 is 0 Å². The minimum Gasteiger partial charge on any atom is -0.393 e. The predicted octanol–water partition coefficient (Wildman–Crippen LogP) is 3.44. The third-order valence-corrected chi connectivity index (χ3v) is 4.40. The van der Waals surface area contributed by atoms with Crippen LogP contribution >= 0.6 is 0 Å². The van der Waals surface area contributed by atoms with E-state index in [-0.39, 0.29) is 11.6 Å². The molecule has 2 aromatic carbocycles. The van der Waals surface area contributed by atoms with Crippen molar-refractivity contribution in [3.8, 4) is 11.1 Å². The Morgan fingerprint density at radius 2 is 1.50 bits per heavy atom. The molecule has 0 spiro atoms. The zero-order valence-corrected chi connectivity index (χ0v) is 11.6. The maximum atomic E-state index is 9.72. The Balaban J connectivity index is 2.02. The third-order valence-electron chi connectivity index (χ3n) is 4.40. The van der Waals surface area contributed by atoms with Crippen LogP contribution in [0.15, 0.2) is 54.6 Å². The molecular formula is C18H21NO. The first-order valence-corrected chi connectivity index (χ1v) is 7.31. The minimum atomic E-state index is -0.314. The highest BCUT2D eigenvalue weighted by atomic mass is 16.3. The van der Waals surface area contributed by atoms with Crippen LogP contribution in [0.2, 0.25) is 0 Å². The quantitative estimate of drug-likeness (QED) is 0.875. The van der Waals surface area contributed by atoms with E-state index in [2.05, 4.69) is 48.5 Å². The highest BCUT2D eigenvalue weighted by Crippen LogP contribution is 2.39. The van der Waals surface area contributed by atoms with Crippen LogP contribution < -0.4 is 5.73 Å². The summed E-state index contributed by atoms with van der Waals surface area (Å²) in [7, 11) is 0. The fourth-order valence-electron chi connectivity index (χ4n) is 3.17. The summed E-state index contributed by atoms with van der Waals surface area (Å²) in [6, 6.07) is 18.8. The highest BCUT2D eigenvalue weighted by molar-refractivity contribution is 5.68. The molecule has 1 saturated carbocycles. The maximum Gasteiger partial charge on any atom is 0.0541 e. The normalized spacial score (nSPS) is 26.4. The first kappa shape index (κ1) is 13.3. The zero-order chi connectivity index (χ0) is 14.0. The van der Waals surface area contributed by atoms with Gasteiger partial charge in [-0.15, -0.1) is 0 Å². The second kappa shape index (κ2) is 5.39. The maximum absolute atomic E-state index is 9.72. The lowest BCUT2D eigenvalue weighted by molar-refractivity contribution is 0.0971. The molecule has 1 aliphatic rings. The zero-order valence-electron chi connectivity index (χ0n) is 11.6. The summed E-state index contributed by atoms with van der Waals surface area (Å²) in [6.07, 6.45) is 3.09. The van der Waals surface area contributed by atoms with Crippen LogP contribution in [0.5, 0.6) is 0 Å². The molecule has 2 aromatic rings. The van der Waals surface area contributed by atoms with E-state index < -0.39 is 0 Å². The molecule has 2 heteroatoms. The van der Waals surface area contributed by atoms with E-state index in [1.54, 1.807) is 0 Å². The Bertz CT molecular complexity index is 571. The fourth-order valence-corrected chi connectivity index (χ4v) is 3.17. The second-order valence-corrected chi connectivity index (χ2v) is 5.80. The van der Waals surface area contributed by atoms with Gasteiger partial charge in [0, 0.05) is 5.54 Å². The average molecular weight is 267 g/mol. The molecule has 2 nitrogen and oxygen atoms in total. The summed E-state index contributed by atoms with van der Waals surface area (Å²) in [5, 5.41) is 9.72. The van der Waals surface area contributed by atoms with E-state index in [1.807, 2.05) is 6.07 Å². The van der Waals surface area contributed by atoms with E-state index in [9.17, 15) is 5.11 Å². The van der Waals surface area contributed by atoms with Gasteiger partial charge in [-0.2, -0.15) is 0 Å². The summed E-state index contributed by atoms with van der Waals surface area (Å²) in [5.41, 5.74) is 9.98. The van der Waals surface area contributed by atoms with Crippen molar-refractivity contribution in [3.05, 3.63) is 60.2 Å². The number of aliphatic hydroxyl groups excluding tert-OH is 1. The van der Waals surface area contributed by atoms with E-state index in [0.717, 1.165) is 25.7 Å². The molecule has 1 fully saturated rings. The molecule has 0 radical (unpaired) electrons. The van der Waals surface area contributed by atoms with Gasteiger partial charge in [0.2, 0.25) is 0 Å². The van der Waals surface area contributed by atoms with Crippen LogP contribution in [0.4, 0.5) is 0 Å². The minimum absolute atomic E-state index is 0.185. The van der Waals surface area contributed by atoms with Gasteiger partial charge in [-0.25, -0.2) is 0 Å². The van der Waals surface area contributed by atoms with Crippen molar-refractivity contribution in [3.63, 3.8) is 0 Å². The van der Waals surface area contributed by atoms with Gasteiger partial charge in [-0.1, -0.05) is 54.6 Å². The summed E-state index contributed by atoms with van der Waals surface area (Å²) < 4.78 is 0. The topological polar surface area (TPSA) is 46.2 Å². The van der Waals surface area contributed by atoms with Crippen molar-refractivity contribution in [2.45, 2.75) is 37.3 Å². The first-order chi connectivity index (χ1) is 9.69. The molecule has 0 amide bonds. The molecule has 0 aromatic heterocycles. The number of hydrogen-bond donors (Lipinski definition) is 2. The van der Waals surface area contributed by atoms with Crippen LogP contribution in [0.1, 0.15) is 31.2 Å². The Hall–Kier alpha value is -1.64. The van der Waals surface area contributed by atoms with Gasteiger partial charge in [0.1, 0.15) is 0 Å². The van der Waals surface area contributed by atoms with Crippen molar-refractivity contribution >= 4 is 0 Å². The third kappa shape index (κ3) is 2.49. The van der Waals surface area contributed by atoms with Gasteiger partial charge in [0.15, 0.2) is 0 Å². The van der Waals surface area contributed by atoms with Crippen molar-refractivity contribution < 1.29 is 5.11 Å². The molecule has 0 bridgehead atoms. The lowest BCUT2D eigenvalue weighted by Crippen LogP contribution is -2.42. The van der Waals surface area contributed by atoms with Gasteiger partial charge in [-0.05, 0) is 42.4 Å². The van der Waals surface area contributed by atoms with Crippen LogP contribution in [-0.4, -0.2) is 11.2 Å². The SMILES string of the molecule is NC1(c2ccccc2-c2ccccc2)CCC(O)CC1.